The number of halogens is 1. The lowest BCUT2D eigenvalue weighted by Crippen LogP contribution is -2.36. The normalized spacial score (nSPS) is 21.4. The molecular weight excluding hydrogens is 306 g/mol. The van der Waals surface area contributed by atoms with E-state index < -0.39 is 0 Å². The van der Waals surface area contributed by atoms with Gasteiger partial charge in [0.25, 0.3) is 0 Å². The standard InChI is InChI=1S/C15H20ClN3O3/c16-17-10-12-9-13(22-18-12)11-21-15-4-2-1-3-14(15)19-5-7-20-8-6-19/h1-4,13,17H,5-11H2. The molecule has 3 rings (SSSR count). The first kappa shape index (κ1) is 15.4. The van der Waals surface area contributed by atoms with E-state index in [1.54, 1.807) is 0 Å². The molecule has 120 valence electrons. The van der Waals surface area contributed by atoms with Crippen LogP contribution in [-0.2, 0) is 9.57 Å². The number of nitrogens with one attached hydrogen (secondary N) is 1. The van der Waals surface area contributed by atoms with E-state index in [2.05, 4.69) is 21.0 Å². The van der Waals surface area contributed by atoms with E-state index in [0.29, 0.717) is 13.2 Å². The van der Waals surface area contributed by atoms with Crippen molar-refractivity contribution < 1.29 is 14.3 Å². The SMILES string of the molecule is ClNCC1=NOC(COc2ccccc2N2CCOCC2)C1. The first-order valence-electron chi connectivity index (χ1n) is 7.46. The van der Waals surface area contributed by atoms with Crippen molar-refractivity contribution in [3.8, 4) is 5.75 Å². The summed E-state index contributed by atoms with van der Waals surface area (Å²) in [6, 6.07) is 8.07. The van der Waals surface area contributed by atoms with Gasteiger partial charge in [-0.15, -0.1) is 0 Å². The molecule has 1 N–H and O–H groups in total. The lowest BCUT2D eigenvalue weighted by molar-refractivity contribution is 0.0471. The Bertz CT molecular complexity index is 521. The average molecular weight is 326 g/mol. The van der Waals surface area contributed by atoms with Crippen molar-refractivity contribution in [2.75, 3.05) is 44.4 Å². The Kier molecular flexibility index (Phi) is 5.37. The van der Waals surface area contributed by atoms with Crippen LogP contribution in [0.3, 0.4) is 0 Å². The van der Waals surface area contributed by atoms with Crippen molar-refractivity contribution in [2.45, 2.75) is 12.5 Å². The summed E-state index contributed by atoms with van der Waals surface area (Å²) in [7, 11) is 0. The fourth-order valence-corrected chi connectivity index (χ4v) is 2.74. The molecule has 1 saturated heterocycles. The van der Waals surface area contributed by atoms with Crippen LogP contribution < -0.4 is 14.5 Å². The van der Waals surface area contributed by atoms with Crippen LogP contribution in [0.4, 0.5) is 5.69 Å². The summed E-state index contributed by atoms with van der Waals surface area (Å²) in [6.45, 7) is 4.27. The van der Waals surface area contributed by atoms with Crippen molar-refractivity contribution in [2.24, 2.45) is 5.16 Å². The first-order chi connectivity index (χ1) is 10.9. The van der Waals surface area contributed by atoms with Gasteiger partial charge in [0, 0.05) is 19.5 Å². The number of anilines is 1. The molecule has 1 aromatic carbocycles. The number of hydrogen-bond donors (Lipinski definition) is 1. The second-order valence-electron chi connectivity index (χ2n) is 5.28. The smallest absolute Gasteiger partial charge is 0.166 e. The molecule has 0 saturated carbocycles. The zero-order chi connectivity index (χ0) is 15.2. The summed E-state index contributed by atoms with van der Waals surface area (Å²) in [5.41, 5.74) is 2.01. The third-order valence-corrected chi connectivity index (χ3v) is 3.84. The molecule has 0 aliphatic carbocycles. The molecule has 0 radical (unpaired) electrons. The second kappa shape index (κ2) is 7.67. The second-order valence-corrected chi connectivity index (χ2v) is 5.54. The van der Waals surface area contributed by atoms with Crippen molar-refractivity contribution >= 4 is 23.2 Å². The Hall–Kier alpha value is -1.50. The van der Waals surface area contributed by atoms with Gasteiger partial charge in [-0.25, -0.2) is 4.84 Å². The molecule has 1 unspecified atom stereocenters. The van der Waals surface area contributed by atoms with Gasteiger partial charge in [-0.1, -0.05) is 17.3 Å². The Morgan fingerprint density at radius 3 is 2.95 bits per heavy atom. The number of ether oxygens (including phenoxy) is 2. The molecule has 2 aliphatic rings. The number of oxime groups is 1. The number of para-hydroxylation sites is 2. The van der Waals surface area contributed by atoms with Crippen LogP contribution >= 0.6 is 11.8 Å². The molecule has 0 spiro atoms. The van der Waals surface area contributed by atoms with Gasteiger partial charge < -0.3 is 19.2 Å². The minimum Gasteiger partial charge on any atom is -0.487 e. The van der Waals surface area contributed by atoms with Crippen molar-refractivity contribution in [3.63, 3.8) is 0 Å². The topological polar surface area (TPSA) is 55.3 Å². The van der Waals surface area contributed by atoms with Crippen LogP contribution in [0.1, 0.15) is 6.42 Å². The van der Waals surface area contributed by atoms with Gasteiger partial charge in [0.2, 0.25) is 0 Å². The highest BCUT2D eigenvalue weighted by Gasteiger charge is 2.22. The van der Waals surface area contributed by atoms with E-state index in [1.165, 1.54) is 0 Å². The van der Waals surface area contributed by atoms with Gasteiger partial charge in [0.15, 0.2) is 6.10 Å². The quantitative estimate of drug-likeness (QED) is 0.808. The van der Waals surface area contributed by atoms with Crippen LogP contribution in [0.5, 0.6) is 5.75 Å². The molecule has 2 aliphatic heterocycles. The Morgan fingerprint density at radius 1 is 1.32 bits per heavy atom. The Balaban J connectivity index is 1.57. The fourth-order valence-electron chi connectivity index (χ4n) is 2.58. The lowest BCUT2D eigenvalue weighted by atomic mass is 10.2. The van der Waals surface area contributed by atoms with Gasteiger partial charge >= 0.3 is 0 Å². The third-order valence-electron chi connectivity index (χ3n) is 3.71. The van der Waals surface area contributed by atoms with Gasteiger partial charge in [0.1, 0.15) is 12.4 Å². The van der Waals surface area contributed by atoms with Crippen LogP contribution in [-0.4, -0.2) is 51.3 Å². The summed E-state index contributed by atoms with van der Waals surface area (Å²) in [4.78, 5) is 10.2. The molecule has 1 fully saturated rings. The molecular formula is C15H20ClN3O3. The molecule has 6 nitrogen and oxygen atoms in total. The van der Waals surface area contributed by atoms with Crippen molar-refractivity contribution in [1.82, 2.24) is 4.84 Å². The zero-order valence-electron chi connectivity index (χ0n) is 12.3. The lowest BCUT2D eigenvalue weighted by Gasteiger charge is -2.30. The maximum atomic E-state index is 5.97. The van der Waals surface area contributed by atoms with Crippen LogP contribution in [0.2, 0.25) is 0 Å². The number of hydrogen-bond acceptors (Lipinski definition) is 6. The van der Waals surface area contributed by atoms with Gasteiger partial charge in [-0.2, -0.15) is 0 Å². The van der Waals surface area contributed by atoms with E-state index >= 15 is 0 Å². The van der Waals surface area contributed by atoms with E-state index in [-0.39, 0.29) is 6.10 Å². The minimum atomic E-state index is -0.0576. The Labute approximate surface area is 135 Å². The zero-order valence-corrected chi connectivity index (χ0v) is 13.1. The van der Waals surface area contributed by atoms with E-state index in [9.17, 15) is 0 Å². The highest BCUT2D eigenvalue weighted by atomic mass is 35.5. The number of nitrogens with zero attached hydrogens (tertiary/aromatic N) is 2. The minimum absolute atomic E-state index is 0.0576. The molecule has 0 aromatic heterocycles. The molecule has 7 heteroatoms. The molecule has 1 atom stereocenters. The monoisotopic (exact) mass is 325 g/mol. The molecule has 0 amide bonds. The largest absolute Gasteiger partial charge is 0.487 e. The van der Waals surface area contributed by atoms with Gasteiger partial charge in [-0.3, -0.25) is 0 Å². The van der Waals surface area contributed by atoms with Crippen molar-refractivity contribution in [1.29, 1.82) is 0 Å². The van der Waals surface area contributed by atoms with E-state index in [0.717, 1.165) is 49.9 Å². The highest BCUT2D eigenvalue weighted by Crippen LogP contribution is 2.29. The van der Waals surface area contributed by atoms with Gasteiger partial charge in [-0.05, 0) is 23.9 Å². The first-order valence-corrected chi connectivity index (χ1v) is 7.84. The fraction of sp³-hybridized carbons (Fsp3) is 0.533. The molecule has 22 heavy (non-hydrogen) atoms. The summed E-state index contributed by atoms with van der Waals surface area (Å²) in [5.74, 6) is 0.872. The number of morpholine rings is 1. The molecule has 0 bridgehead atoms. The van der Waals surface area contributed by atoms with Crippen molar-refractivity contribution in [3.05, 3.63) is 24.3 Å². The maximum absolute atomic E-state index is 5.97. The van der Waals surface area contributed by atoms with Crippen LogP contribution in [0.25, 0.3) is 0 Å². The van der Waals surface area contributed by atoms with Gasteiger partial charge in [0.05, 0.1) is 31.2 Å². The summed E-state index contributed by atoms with van der Waals surface area (Å²) in [6.07, 6.45) is 0.678. The van der Waals surface area contributed by atoms with Crippen LogP contribution in [0.15, 0.2) is 29.4 Å². The Morgan fingerprint density at radius 2 is 2.14 bits per heavy atom. The van der Waals surface area contributed by atoms with E-state index in [1.807, 2.05) is 18.2 Å². The summed E-state index contributed by atoms with van der Waals surface area (Å²) in [5, 5.41) is 3.99. The van der Waals surface area contributed by atoms with E-state index in [4.69, 9.17) is 26.1 Å². The number of rotatable bonds is 6. The predicted molar refractivity (Wildman–Crippen MR) is 85.7 cm³/mol. The summed E-state index contributed by atoms with van der Waals surface area (Å²) < 4.78 is 11.4. The van der Waals surface area contributed by atoms with Crippen LogP contribution in [0, 0.1) is 0 Å². The predicted octanol–water partition coefficient (Wildman–Crippen LogP) is 1.79. The highest BCUT2D eigenvalue weighted by molar-refractivity contribution is 6.14. The summed E-state index contributed by atoms with van der Waals surface area (Å²) >= 11 is 5.48. The molecule has 2 heterocycles. The maximum Gasteiger partial charge on any atom is 0.166 e. The average Bonchev–Trinajstić information content (AvgIpc) is 3.02. The third kappa shape index (κ3) is 3.82. The molecule has 1 aromatic rings. The number of benzene rings is 1.